The Balaban J connectivity index is 1.08. The van der Waals surface area contributed by atoms with E-state index in [1.54, 1.807) is 64.2 Å². The number of thiazole rings is 1. The molecule has 3 aliphatic rings. The summed E-state index contributed by atoms with van der Waals surface area (Å²) in [5.41, 5.74) is 4.99. The molecule has 3 aromatic carbocycles. The Bertz CT molecular complexity index is 2690. The van der Waals surface area contributed by atoms with Crippen LogP contribution in [0.25, 0.3) is 0 Å². The molecule has 19 nitrogen and oxygen atoms in total. The number of methoxy groups -OCH3 is 2. The summed E-state index contributed by atoms with van der Waals surface area (Å²) in [4.78, 5) is 83.6. The van der Waals surface area contributed by atoms with Gasteiger partial charge in [-0.3, -0.25) is 19.2 Å². The lowest BCUT2D eigenvalue weighted by Crippen LogP contribution is -2.68. The van der Waals surface area contributed by atoms with Crippen LogP contribution in [0.1, 0.15) is 61.8 Å². The van der Waals surface area contributed by atoms with Gasteiger partial charge >= 0.3 is 20.0 Å². The number of hydrogen-bond donors (Lipinski definition) is 1. The van der Waals surface area contributed by atoms with Crippen LogP contribution in [0.4, 0.5) is 5.13 Å². The maximum absolute atomic E-state index is 14.6. The summed E-state index contributed by atoms with van der Waals surface area (Å²) in [5, 5.41) is 5.00. The first kappa shape index (κ1) is 53.9. The first-order valence-corrected chi connectivity index (χ1v) is 25.6. The molecular weight excluding hydrogens is 1010 g/mol. The highest BCUT2D eigenvalue weighted by Crippen LogP contribution is 2.54. The lowest BCUT2D eigenvalue weighted by Gasteiger charge is -2.45. The number of benzene rings is 3. The minimum atomic E-state index is -1.63. The number of fused-ring (bicyclic) bond motifs is 1. The zero-order chi connectivity index (χ0) is 52.1. The van der Waals surface area contributed by atoms with Gasteiger partial charge in [0.2, 0.25) is 11.5 Å². The van der Waals surface area contributed by atoms with Crippen LogP contribution in [0.3, 0.4) is 0 Å². The standard InChI is InChI=1S/C48H54BClN6O13S3/c1-46(2,3)67-43(60)47(4,5)69-53-36(33-25-70-45(51)52-33)40(58)54(6)37-41(59)56-26-48(44(61)68-49,72-42(37)56)71-24-29-23-64-20-19-55(29)39(57)32-17-18-34(65-21-27-9-13-30(62-7)14-10-27)38(35(32)50)66-22-28-11-15-31(63-8)16-12-28/h9-18,25,29,37,42H,19-24,26H2,1-8H3,(H2,51,52)/b53-36-/t29-,37+,42+,48+/m0/s1. The molecule has 72 heavy (non-hydrogen) atoms. The number of ether oxygens (including phenoxy) is 6. The van der Waals surface area contributed by atoms with Crippen molar-refractivity contribution < 1.29 is 61.9 Å². The summed E-state index contributed by atoms with van der Waals surface area (Å²) in [5.74, 6) is -1.23. The summed E-state index contributed by atoms with van der Waals surface area (Å²) < 4.78 is 37.8. The van der Waals surface area contributed by atoms with Gasteiger partial charge in [-0.25, -0.2) is 9.78 Å². The number of hydrogen-bond acceptors (Lipinski definition) is 19. The largest absolute Gasteiger partial charge is 0.542 e. The number of β-lactam (4-membered cyclic amide) rings is 1. The molecule has 4 atom stereocenters. The van der Waals surface area contributed by atoms with Gasteiger partial charge in [0.15, 0.2) is 26.4 Å². The zero-order valence-corrected chi connectivity index (χ0v) is 44.0. The lowest BCUT2D eigenvalue weighted by atomic mass is 10.0. The van der Waals surface area contributed by atoms with Gasteiger partial charge in [0.05, 0.1) is 50.6 Å². The second kappa shape index (κ2) is 22.5. The maximum atomic E-state index is 14.6. The Labute approximate surface area is 435 Å². The Kier molecular flexibility index (Phi) is 16.8. The van der Waals surface area contributed by atoms with E-state index in [-0.39, 0.29) is 78.1 Å². The number of thioether (sulfide) groups is 2. The quantitative estimate of drug-likeness (QED) is 0.0389. The number of anilines is 1. The van der Waals surface area contributed by atoms with Crippen LogP contribution in [-0.2, 0) is 51.4 Å². The Morgan fingerprint density at radius 1 is 0.986 bits per heavy atom. The van der Waals surface area contributed by atoms with E-state index in [1.807, 2.05) is 36.4 Å². The molecule has 2 N–H and O–H groups in total. The van der Waals surface area contributed by atoms with Gasteiger partial charge in [0.1, 0.15) is 47.4 Å². The van der Waals surface area contributed by atoms with Crippen molar-refractivity contribution in [3.63, 3.8) is 0 Å². The number of morpholine rings is 1. The fourth-order valence-electron chi connectivity index (χ4n) is 7.60. The third-order valence-electron chi connectivity index (χ3n) is 11.6. The topological polar surface area (TPSA) is 220 Å². The smallest absolute Gasteiger partial charge is 0.378 e. The molecule has 0 unspecified atom stereocenters. The molecule has 3 saturated heterocycles. The number of oxime groups is 1. The van der Waals surface area contributed by atoms with E-state index >= 15 is 0 Å². The molecule has 0 saturated carbocycles. The Morgan fingerprint density at radius 3 is 2.21 bits per heavy atom. The second-order valence-electron chi connectivity index (χ2n) is 18.2. The number of halogens is 1. The van der Waals surface area contributed by atoms with E-state index in [2.05, 4.69) is 10.1 Å². The number of likely N-dealkylation sites (N-methyl/N-ethyl adjacent to an activating group) is 1. The molecule has 7 rings (SSSR count). The highest BCUT2D eigenvalue weighted by atomic mass is 35.5. The van der Waals surface area contributed by atoms with Crippen LogP contribution >= 0.6 is 46.5 Å². The van der Waals surface area contributed by atoms with Crippen molar-refractivity contribution in [3.05, 3.63) is 93.5 Å². The number of rotatable bonds is 19. The Morgan fingerprint density at radius 2 is 1.62 bits per heavy atom. The number of nitrogens with two attached hydrogens (primary N) is 1. The molecule has 24 heteroatoms. The summed E-state index contributed by atoms with van der Waals surface area (Å²) in [7, 11) is 10.1. The molecular formula is C48H54BClN6O13S3. The van der Waals surface area contributed by atoms with E-state index in [1.165, 1.54) is 36.1 Å². The van der Waals surface area contributed by atoms with Crippen LogP contribution in [0, 0.1) is 0 Å². The molecule has 3 aliphatic heterocycles. The van der Waals surface area contributed by atoms with Crippen molar-refractivity contribution in [2.75, 3.05) is 59.1 Å². The van der Waals surface area contributed by atoms with Crippen LogP contribution in [0.2, 0.25) is 5.02 Å². The van der Waals surface area contributed by atoms with Crippen LogP contribution in [0.5, 0.6) is 23.0 Å². The monoisotopic (exact) mass is 1060 g/mol. The van der Waals surface area contributed by atoms with Gasteiger partial charge in [0.25, 0.3) is 11.8 Å². The van der Waals surface area contributed by atoms with Gasteiger partial charge in [-0.1, -0.05) is 41.0 Å². The number of aromatic nitrogens is 1. The lowest BCUT2D eigenvalue weighted by molar-refractivity contribution is -0.179. The van der Waals surface area contributed by atoms with Crippen molar-refractivity contribution in [2.45, 2.75) is 80.6 Å². The molecule has 4 aromatic rings. The van der Waals surface area contributed by atoms with Gasteiger partial charge in [-0.2, -0.15) is 0 Å². The van der Waals surface area contributed by atoms with Crippen molar-refractivity contribution in [2.24, 2.45) is 5.16 Å². The highest BCUT2D eigenvalue weighted by Gasteiger charge is 2.64. The van der Waals surface area contributed by atoms with Gasteiger partial charge < -0.3 is 58.3 Å². The van der Waals surface area contributed by atoms with E-state index in [4.69, 9.17) is 63.3 Å². The third kappa shape index (κ3) is 12.0. The van der Waals surface area contributed by atoms with E-state index in [0.717, 1.165) is 46.0 Å². The predicted molar refractivity (Wildman–Crippen MR) is 273 cm³/mol. The predicted octanol–water partition coefficient (Wildman–Crippen LogP) is 5.73. The first-order chi connectivity index (χ1) is 34.2. The highest BCUT2D eigenvalue weighted by molar-refractivity contribution is 8.20. The minimum absolute atomic E-state index is 0.0329. The maximum Gasteiger partial charge on any atom is 0.378 e. The van der Waals surface area contributed by atoms with E-state index < -0.39 is 62.4 Å². The number of nitrogens with zero attached hydrogens (tertiary/aromatic N) is 5. The molecule has 0 spiro atoms. The molecule has 3 amide bonds. The van der Waals surface area contributed by atoms with Gasteiger partial charge in [-0.05, 0) is 82.1 Å². The number of carbonyl (C=O) groups is 5. The number of amides is 3. The fraction of sp³-hybridized carbons (Fsp3) is 0.438. The normalized spacial score (nSPS) is 19.9. The summed E-state index contributed by atoms with van der Waals surface area (Å²) in [6.07, 6.45) is 0. The van der Waals surface area contributed by atoms with Gasteiger partial charge in [-0.15, -0.1) is 34.9 Å². The van der Waals surface area contributed by atoms with E-state index in [0.29, 0.717) is 17.2 Å². The molecule has 3 fully saturated rings. The second-order valence-corrected chi connectivity index (χ2v) is 22.4. The average Bonchev–Trinajstić information content (AvgIpc) is 3.95. The molecule has 0 aliphatic carbocycles. The summed E-state index contributed by atoms with van der Waals surface area (Å²) in [6.45, 7) is 8.63. The first-order valence-electron chi connectivity index (χ1n) is 22.4. The number of nitrogen functional groups attached to an aromatic ring is 1. The molecule has 1 aromatic heterocycles. The molecule has 0 bridgehead atoms. The van der Waals surface area contributed by atoms with Crippen molar-refractivity contribution in [3.8, 4) is 23.0 Å². The number of esters is 1. The summed E-state index contributed by atoms with van der Waals surface area (Å²) in [6, 6.07) is 16.2. The van der Waals surface area contributed by atoms with E-state index in [9.17, 15) is 24.0 Å². The van der Waals surface area contributed by atoms with Gasteiger partial charge in [0, 0.05) is 24.7 Å². The fourth-order valence-corrected chi connectivity index (χ4v) is 11.8. The molecule has 4 heterocycles. The van der Waals surface area contributed by atoms with Crippen LogP contribution in [-0.4, -0.2) is 149 Å². The summed E-state index contributed by atoms with van der Waals surface area (Å²) >= 11 is 10.4. The number of carbonyl (C=O) groups excluding carboxylic acids is 5. The van der Waals surface area contributed by atoms with Crippen molar-refractivity contribution >= 4 is 95.0 Å². The van der Waals surface area contributed by atoms with Crippen molar-refractivity contribution in [1.82, 2.24) is 19.7 Å². The third-order valence-corrected chi connectivity index (χ3v) is 16.0. The Hall–Kier alpha value is -5.88. The minimum Gasteiger partial charge on any atom is -0.542 e. The zero-order valence-electron chi connectivity index (χ0n) is 40.8. The molecule has 2 radical (unpaired) electrons. The average molecular weight is 1070 g/mol. The van der Waals surface area contributed by atoms with Crippen LogP contribution in [0.15, 0.2) is 71.2 Å². The van der Waals surface area contributed by atoms with Crippen molar-refractivity contribution in [1.29, 1.82) is 0 Å². The molecule has 382 valence electrons. The van der Waals surface area contributed by atoms with Crippen LogP contribution < -0.4 is 24.7 Å². The SMILES string of the molecule is [B]OC(=O)[C@@]1(SC[C@@H]2COCCN2C(=O)c2ccc(OCc3ccc(OC)cc3)c(OCc3ccc(OC)cc3)c2Cl)CN2C(=O)[C@@H](N(C)C(=O)/C(=N\OC(C)(C)C(=O)OC(C)(C)C)c3csc(N)n3)[C@H]2S1.